The second kappa shape index (κ2) is 10.9. The molecule has 0 nitrogen and oxygen atoms in total. The molecule has 2 rings (SSSR count). The molecule has 1 aromatic carbocycles. The summed E-state index contributed by atoms with van der Waals surface area (Å²) in [6.45, 7) is 0. The van der Waals surface area contributed by atoms with E-state index in [0.717, 1.165) is 12.5 Å². The molecule has 1 aliphatic rings. The fourth-order valence-corrected chi connectivity index (χ4v) is 0.835. The van der Waals surface area contributed by atoms with Crippen molar-refractivity contribution in [2.45, 2.75) is 6.42 Å². The van der Waals surface area contributed by atoms with Gasteiger partial charge in [-0.05, 0) is 0 Å². The number of benzene rings is 1. The summed E-state index contributed by atoms with van der Waals surface area (Å²) in [5, 5.41) is 0. The molecule has 0 bridgehead atoms. The van der Waals surface area contributed by atoms with Gasteiger partial charge in [0.05, 0.1) is 29.1 Å². The summed E-state index contributed by atoms with van der Waals surface area (Å²) in [6.07, 6.45) is 10.0. The molecule has 0 amide bonds. The molecule has 19 heavy (non-hydrogen) atoms. The van der Waals surface area contributed by atoms with Gasteiger partial charge in [0, 0.05) is 0 Å². The quantitative estimate of drug-likeness (QED) is 0.219. The van der Waals surface area contributed by atoms with E-state index in [1.54, 1.807) is 0 Å². The molecule has 0 spiro atoms. The van der Waals surface area contributed by atoms with Gasteiger partial charge in [-0.15, -0.1) is 12.5 Å². The van der Waals surface area contributed by atoms with Crippen LogP contribution in [0.4, 0.5) is 22.0 Å². The molecule has 0 aromatic heterocycles. The molecule has 0 N–H and O–H groups in total. The van der Waals surface area contributed by atoms with Crippen LogP contribution < -0.4 is 0 Å². The molecule has 0 saturated carbocycles. The van der Waals surface area contributed by atoms with Gasteiger partial charge in [0.25, 0.3) is 0 Å². The van der Waals surface area contributed by atoms with Gasteiger partial charge in [0.15, 0.2) is 0 Å². The second-order valence-corrected chi connectivity index (χ2v) is 2.70. The maximum atomic E-state index is 12.0. The van der Waals surface area contributed by atoms with E-state index in [2.05, 4.69) is 12.2 Å². The van der Waals surface area contributed by atoms with Gasteiger partial charge < -0.3 is 14.9 Å². The zero-order valence-electron chi connectivity index (χ0n) is 10.3. The van der Waals surface area contributed by atoms with Crippen LogP contribution >= 0.6 is 0 Å². The molecule has 1 aliphatic carbocycles. The van der Waals surface area contributed by atoms with E-state index >= 15 is 0 Å². The molecule has 6 heteroatoms. The average Bonchev–Trinajstić information content (AvgIpc) is 2.82. The van der Waals surface area contributed by atoms with Crippen LogP contribution in [0.1, 0.15) is 6.42 Å². The van der Waals surface area contributed by atoms with Crippen molar-refractivity contribution < 1.29 is 43.7 Å². The summed E-state index contributed by atoms with van der Waals surface area (Å²) in [5.41, 5.74) is 0. The molecular formula is C13H11F5Ti. The minimum atomic E-state index is -2.17. The molecule has 102 valence electrons. The van der Waals surface area contributed by atoms with Crippen LogP contribution in [-0.2, 0) is 21.7 Å². The average molecular weight is 310 g/mol. The second-order valence-electron chi connectivity index (χ2n) is 2.70. The summed E-state index contributed by atoms with van der Waals surface area (Å²) in [7, 11) is 0. The first-order chi connectivity index (χ1) is 7.54. The summed E-state index contributed by atoms with van der Waals surface area (Å²) >= 11 is 0. The minimum absolute atomic E-state index is 0. The predicted octanol–water partition coefficient (Wildman–Crippen LogP) is 4.39. The molecule has 0 heterocycles. The van der Waals surface area contributed by atoms with Crippen LogP contribution in [0.5, 0.6) is 0 Å². The van der Waals surface area contributed by atoms with E-state index in [4.69, 9.17) is 0 Å². The van der Waals surface area contributed by atoms with E-state index in [0.29, 0.717) is 0 Å². The molecule has 0 aliphatic heterocycles. The topological polar surface area (TPSA) is 0 Å². The van der Waals surface area contributed by atoms with Crippen molar-refractivity contribution >= 4 is 0 Å². The van der Waals surface area contributed by atoms with E-state index in [1.165, 1.54) is 0 Å². The Labute approximate surface area is 124 Å². The Morgan fingerprint density at radius 1 is 0.842 bits per heavy atom. The number of halogens is 5. The summed E-state index contributed by atoms with van der Waals surface area (Å²) in [4.78, 5) is 0. The Morgan fingerprint density at radius 2 is 1.32 bits per heavy atom. The first-order valence-electron chi connectivity index (χ1n) is 4.16. The van der Waals surface area contributed by atoms with Crippen molar-refractivity contribution in [1.82, 2.24) is 0 Å². The normalized spacial score (nSPS) is 10.6. The third-order valence-corrected chi connectivity index (χ3v) is 1.58. The predicted molar refractivity (Wildman–Crippen MR) is 59.5 cm³/mol. The van der Waals surface area contributed by atoms with Crippen molar-refractivity contribution in [3.8, 4) is 0 Å². The van der Waals surface area contributed by atoms with Crippen LogP contribution in [0.15, 0.2) is 18.2 Å². The molecule has 0 unspecified atom stereocenters. The molecular weight excluding hydrogens is 299 g/mol. The monoisotopic (exact) mass is 310 g/mol. The van der Waals surface area contributed by atoms with Crippen molar-refractivity contribution in [2.75, 3.05) is 0 Å². The molecule has 0 fully saturated rings. The Morgan fingerprint density at radius 3 is 1.58 bits per heavy atom. The minimum Gasteiger partial charge on any atom is -0.358 e. The van der Waals surface area contributed by atoms with Crippen LogP contribution in [0.2, 0.25) is 0 Å². The van der Waals surface area contributed by atoms with E-state index in [-0.39, 0.29) is 36.6 Å². The Bertz CT molecular complexity index is 405. The Balaban J connectivity index is -0.000000277. The molecule has 1 aromatic rings. The van der Waals surface area contributed by atoms with Crippen LogP contribution in [0.25, 0.3) is 0 Å². The summed E-state index contributed by atoms with van der Waals surface area (Å²) in [6, 6.07) is 1.02. The van der Waals surface area contributed by atoms with Gasteiger partial charge in [-0.3, -0.25) is 14.9 Å². The number of hydrogen-bond acceptors (Lipinski definition) is 0. The SMILES string of the molecule is Fc1[c-]c(F)c(F)c(F)c1F.[C-]1=CC=CC1.[CH3-].[CH3-].[Ti+4]. The first-order valence-corrected chi connectivity index (χ1v) is 4.16. The van der Waals surface area contributed by atoms with E-state index in [1.807, 2.05) is 12.2 Å². The standard InChI is InChI=1S/C6F5.C5H5.2CH3.Ti/c7-2-1-3(8)5(10)6(11)4(2)9;1-2-4-5-3-1;;;/h;1-3H,4H2;2*1H3;/q4*-1;+4. The Hall–Kier alpha value is -0.936. The van der Waals surface area contributed by atoms with E-state index < -0.39 is 29.1 Å². The van der Waals surface area contributed by atoms with Crippen LogP contribution in [-0.4, -0.2) is 0 Å². The van der Waals surface area contributed by atoms with Crippen molar-refractivity contribution in [3.63, 3.8) is 0 Å². The van der Waals surface area contributed by atoms with Crippen molar-refractivity contribution in [2.24, 2.45) is 0 Å². The number of allylic oxidation sites excluding steroid dienone is 4. The smallest absolute Gasteiger partial charge is 0.358 e. The summed E-state index contributed by atoms with van der Waals surface area (Å²) in [5.74, 6) is -10.0. The molecule has 0 atom stereocenters. The maximum absolute atomic E-state index is 12.0. The van der Waals surface area contributed by atoms with Gasteiger partial charge in [0.2, 0.25) is 0 Å². The van der Waals surface area contributed by atoms with Gasteiger partial charge in [-0.25, -0.2) is 25.3 Å². The molecule has 0 saturated heterocycles. The fourth-order valence-electron chi connectivity index (χ4n) is 0.835. The zero-order chi connectivity index (χ0) is 12.1. The van der Waals surface area contributed by atoms with Crippen LogP contribution in [0.3, 0.4) is 0 Å². The van der Waals surface area contributed by atoms with Crippen molar-refractivity contribution in [1.29, 1.82) is 0 Å². The van der Waals surface area contributed by atoms with E-state index in [9.17, 15) is 22.0 Å². The molecule has 0 radical (unpaired) electrons. The van der Waals surface area contributed by atoms with Crippen molar-refractivity contribution in [3.05, 3.63) is 74.3 Å². The van der Waals surface area contributed by atoms with Gasteiger partial charge in [-0.1, -0.05) is 0 Å². The van der Waals surface area contributed by atoms with Crippen LogP contribution in [0, 0.1) is 56.1 Å². The third-order valence-electron chi connectivity index (χ3n) is 1.58. The zero-order valence-corrected chi connectivity index (χ0v) is 11.9. The number of rotatable bonds is 0. The maximum Gasteiger partial charge on any atom is 4.00 e. The third kappa shape index (κ3) is 6.69. The fraction of sp³-hybridized carbons (Fsp3) is 0.0769. The number of hydrogen-bond donors (Lipinski definition) is 0. The summed E-state index contributed by atoms with van der Waals surface area (Å²) < 4.78 is 59.9. The van der Waals surface area contributed by atoms with Gasteiger partial charge in [0.1, 0.15) is 0 Å². The first kappa shape index (κ1) is 23.2. The Kier molecular flexibility index (Phi) is 13.3. The largest absolute Gasteiger partial charge is 4.00 e. The van der Waals surface area contributed by atoms with Gasteiger partial charge in [-0.2, -0.15) is 6.08 Å². The van der Waals surface area contributed by atoms with Gasteiger partial charge >= 0.3 is 21.7 Å².